The van der Waals surface area contributed by atoms with E-state index in [0.29, 0.717) is 18.7 Å². The minimum Gasteiger partial charge on any atom is -0.376 e. The van der Waals surface area contributed by atoms with Crippen LogP contribution in [0.25, 0.3) is 0 Å². The van der Waals surface area contributed by atoms with Gasteiger partial charge in [0.2, 0.25) is 0 Å². The fourth-order valence-corrected chi connectivity index (χ4v) is 3.59. The number of benzene rings is 1. The van der Waals surface area contributed by atoms with Crippen LogP contribution in [0.3, 0.4) is 0 Å². The molecule has 0 aromatic heterocycles. The van der Waals surface area contributed by atoms with E-state index in [9.17, 15) is 4.79 Å². The minimum atomic E-state index is -0.126. The third-order valence-corrected chi connectivity index (χ3v) is 5.32. The van der Waals surface area contributed by atoms with E-state index in [1.54, 1.807) is 7.05 Å². The average Bonchev–Trinajstić information content (AvgIpc) is 3.38. The summed E-state index contributed by atoms with van der Waals surface area (Å²) >= 11 is 0. The van der Waals surface area contributed by atoms with Crippen LogP contribution in [0.2, 0.25) is 0 Å². The molecular formula is C21H33IN4O3. The second-order valence-corrected chi connectivity index (χ2v) is 7.73. The second-order valence-electron chi connectivity index (χ2n) is 7.73. The van der Waals surface area contributed by atoms with Crippen molar-refractivity contribution in [3.8, 4) is 0 Å². The molecule has 1 aromatic rings. The number of carbonyl (C=O) groups excluding carboxylic acids is 1. The van der Waals surface area contributed by atoms with Gasteiger partial charge in [0.1, 0.15) is 0 Å². The van der Waals surface area contributed by atoms with E-state index in [0.717, 1.165) is 57.0 Å². The Morgan fingerprint density at radius 2 is 2.10 bits per heavy atom. The Morgan fingerprint density at radius 1 is 1.24 bits per heavy atom. The molecule has 3 rings (SSSR count). The molecule has 8 heteroatoms. The molecule has 2 aliphatic rings. The van der Waals surface area contributed by atoms with Gasteiger partial charge >= 0.3 is 0 Å². The zero-order valence-corrected chi connectivity index (χ0v) is 19.7. The lowest BCUT2D eigenvalue weighted by Crippen LogP contribution is -2.45. The molecule has 0 aliphatic carbocycles. The first-order valence-electron chi connectivity index (χ1n) is 10.2. The van der Waals surface area contributed by atoms with Gasteiger partial charge < -0.3 is 25.4 Å². The SMILES string of the molecule is CN=C(NCc1cccc(C(=O)NCC2CCCO2)c1)NCC1(C)CCCO1.I. The van der Waals surface area contributed by atoms with Crippen LogP contribution < -0.4 is 16.0 Å². The molecule has 29 heavy (non-hydrogen) atoms. The zero-order chi connectivity index (χ0) is 19.8. The van der Waals surface area contributed by atoms with E-state index >= 15 is 0 Å². The Balaban J connectivity index is 0.00000300. The predicted molar refractivity (Wildman–Crippen MR) is 125 cm³/mol. The molecule has 0 saturated carbocycles. The molecule has 0 bridgehead atoms. The molecular weight excluding hydrogens is 483 g/mol. The van der Waals surface area contributed by atoms with Gasteiger partial charge in [-0.15, -0.1) is 24.0 Å². The van der Waals surface area contributed by atoms with Crippen molar-refractivity contribution in [2.75, 3.05) is 33.4 Å². The normalized spacial score (nSPS) is 24.1. The molecule has 2 fully saturated rings. The van der Waals surface area contributed by atoms with Crippen molar-refractivity contribution in [1.82, 2.24) is 16.0 Å². The molecule has 0 spiro atoms. The lowest BCUT2D eigenvalue weighted by molar-refractivity contribution is 0.0243. The molecule has 1 amide bonds. The number of guanidine groups is 1. The van der Waals surface area contributed by atoms with Gasteiger partial charge in [0, 0.05) is 45.5 Å². The van der Waals surface area contributed by atoms with Gasteiger partial charge in [0.15, 0.2) is 5.96 Å². The van der Waals surface area contributed by atoms with Crippen molar-refractivity contribution in [2.24, 2.45) is 4.99 Å². The van der Waals surface area contributed by atoms with Gasteiger partial charge in [0.05, 0.1) is 11.7 Å². The average molecular weight is 516 g/mol. The fraction of sp³-hybridized carbons (Fsp3) is 0.619. The van der Waals surface area contributed by atoms with Gasteiger partial charge in [-0.05, 0) is 50.3 Å². The van der Waals surface area contributed by atoms with Crippen molar-refractivity contribution >= 4 is 35.8 Å². The summed E-state index contributed by atoms with van der Waals surface area (Å²) in [7, 11) is 1.75. The van der Waals surface area contributed by atoms with Gasteiger partial charge in [0.25, 0.3) is 5.91 Å². The molecule has 162 valence electrons. The van der Waals surface area contributed by atoms with Gasteiger partial charge in [-0.2, -0.15) is 0 Å². The number of rotatable bonds is 7. The third kappa shape index (κ3) is 7.42. The summed E-state index contributed by atoms with van der Waals surface area (Å²) in [5.74, 6) is 0.663. The van der Waals surface area contributed by atoms with Crippen LogP contribution in [-0.4, -0.2) is 56.9 Å². The lowest BCUT2D eigenvalue weighted by Gasteiger charge is -2.24. The Morgan fingerprint density at radius 3 is 2.79 bits per heavy atom. The smallest absolute Gasteiger partial charge is 0.251 e. The van der Waals surface area contributed by atoms with Gasteiger partial charge in [-0.1, -0.05) is 12.1 Å². The predicted octanol–water partition coefficient (Wildman–Crippen LogP) is 2.45. The first-order chi connectivity index (χ1) is 13.6. The third-order valence-electron chi connectivity index (χ3n) is 5.32. The van der Waals surface area contributed by atoms with Crippen LogP contribution in [0.1, 0.15) is 48.5 Å². The van der Waals surface area contributed by atoms with Crippen molar-refractivity contribution in [2.45, 2.75) is 50.9 Å². The second kappa shape index (κ2) is 11.7. The number of amides is 1. The van der Waals surface area contributed by atoms with E-state index in [1.807, 2.05) is 24.3 Å². The van der Waals surface area contributed by atoms with Crippen LogP contribution in [-0.2, 0) is 16.0 Å². The summed E-state index contributed by atoms with van der Waals surface area (Å²) in [6.07, 6.45) is 4.39. The van der Waals surface area contributed by atoms with Crippen LogP contribution in [0.15, 0.2) is 29.3 Å². The Bertz CT molecular complexity index is 686. The number of nitrogens with zero attached hydrogens (tertiary/aromatic N) is 1. The highest BCUT2D eigenvalue weighted by molar-refractivity contribution is 14.0. The number of aliphatic imine (C=N–C) groups is 1. The molecule has 2 atom stereocenters. The maximum absolute atomic E-state index is 12.4. The number of hydrogen-bond acceptors (Lipinski definition) is 4. The van der Waals surface area contributed by atoms with Crippen LogP contribution in [0.4, 0.5) is 0 Å². The van der Waals surface area contributed by atoms with Crippen molar-refractivity contribution in [3.63, 3.8) is 0 Å². The molecule has 2 aliphatic heterocycles. The van der Waals surface area contributed by atoms with Gasteiger partial charge in [-0.3, -0.25) is 9.79 Å². The highest BCUT2D eigenvalue weighted by Crippen LogP contribution is 2.23. The summed E-state index contributed by atoms with van der Waals surface area (Å²) in [4.78, 5) is 16.7. The van der Waals surface area contributed by atoms with Crippen molar-refractivity contribution in [1.29, 1.82) is 0 Å². The summed E-state index contributed by atoms with van der Waals surface area (Å²) in [5.41, 5.74) is 1.56. The number of hydrogen-bond donors (Lipinski definition) is 3. The fourth-order valence-electron chi connectivity index (χ4n) is 3.59. The zero-order valence-electron chi connectivity index (χ0n) is 17.3. The topological polar surface area (TPSA) is 84.0 Å². The quantitative estimate of drug-likeness (QED) is 0.295. The minimum absolute atomic E-state index is 0. The molecule has 0 radical (unpaired) electrons. The first kappa shape index (κ1) is 23.9. The Labute approximate surface area is 190 Å². The molecule has 2 unspecified atom stereocenters. The largest absolute Gasteiger partial charge is 0.376 e. The van der Waals surface area contributed by atoms with Crippen LogP contribution >= 0.6 is 24.0 Å². The standard InChI is InChI=1S/C21H32N4O3.HI/c1-21(9-5-11-28-21)15-25-20(22-2)24-13-16-6-3-7-17(12-16)19(26)23-14-18-8-4-10-27-18;/h3,6-7,12,18H,4-5,8-11,13-15H2,1-2H3,(H,23,26)(H2,22,24,25);1H. The van der Waals surface area contributed by atoms with Crippen LogP contribution in [0.5, 0.6) is 0 Å². The lowest BCUT2D eigenvalue weighted by atomic mass is 10.0. The first-order valence-corrected chi connectivity index (χ1v) is 10.2. The maximum atomic E-state index is 12.4. The van der Waals surface area contributed by atoms with Gasteiger partial charge in [-0.25, -0.2) is 0 Å². The number of ether oxygens (including phenoxy) is 2. The maximum Gasteiger partial charge on any atom is 0.251 e. The molecule has 2 heterocycles. The summed E-state index contributed by atoms with van der Waals surface area (Å²) in [5, 5.41) is 9.60. The monoisotopic (exact) mass is 516 g/mol. The number of halogens is 1. The summed E-state index contributed by atoms with van der Waals surface area (Å²) in [6, 6.07) is 7.65. The number of nitrogens with one attached hydrogen (secondary N) is 3. The summed E-state index contributed by atoms with van der Waals surface area (Å²) in [6.45, 7) is 5.62. The number of carbonyl (C=O) groups is 1. The van der Waals surface area contributed by atoms with Crippen molar-refractivity contribution < 1.29 is 14.3 Å². The van der Waals surface area contributed by atoms with E-state index in [-0.39, 0.29) is 41.6 Å². The molecule has 1 aromatic carbocycles. The summed E-state index contributed by atoms with van der Waals surface area (Å²) < 4.78 is 11.4. The van der Waals surface area contributed by atoms with E-state index in [2.05, 4.69) is 27.9 Å². The highest BCUT2D eigenvalue weighted by atomic mass is 127. The van der Waals surface area contributed by atoms with E-state index in [1.165, 1.54) is 0 Å². The highest BCUT2D eigenvalue weighted by Gasteiger charge is 2.29. The van der Waals surface area contributed by atoms with E-state index < -0.39 is 0 Å². The van der Waals surface area contributed by atoms with E-state index in [4.69, 9.17) is 9.47 Å². The van der Waals surface area contributed by atoms with Crippen molar-refractivity contribution in [3.05, 3.63) is 35.4 Å². The molecule has 7 nitrogen and oxygen atoms in total. The molecule has 2 saturated heterocycles. The van der Waals surface area contributed by atoms with Crippen LogP contribution in [0, 0.1) is 0 Å². The Kier molecular flexibility index (Phi) is 9.64. The molecule has 3 N–H and O–H groups in total. The Hall–Kier alpha value is -1.39.